The van der Waals surface area contributed by atoms with Gasteiger partial charge in [-0.1, -0.05) is 0 Å². The summed E-state index contributed by atoms with van der Waals surface area (Å²) in [6.45, 7) is 0.435. The van der Waals surface area contributed by atoms with Gasteiger partial charge >= 0.3 is 18.1 Å². The molecule has 3 aromatic rings. The summed E-state index contributed by atoms with van der Waals surface area (Å²) in [6.07, 6.45) is 0.509. The number of oxazole rings is 1. The Balaban J connectivity index is 0.000000300. The van der Waals surface area contributed by atoms with E-state index in [-0.39, 0.29) is 6.42 Å². The summed E-state index contributed by atoms with van der Waals surface area (Å²) in [4.78, 5) is 28.4. The van der Waals surface area contributed by atoms with Crippen LogP contribution in [0.15, 0.2) is 47.3 Å². The van der Waals surface area contributed by atoms with Gasteiger partial charge in [-0.15, -0.1) is 0 Å². The number of carboxylic acids is 1. The molecule has 0 aliphatic rings. The predicted molar refractivity (Wildman–Crippen MR) is 87.8 cm³/mol. The summed E-state index contributed by atoms with van der Waals surface area (Å²) in [7, 11) is 0.676. The first-order valence-electron chi connectivity index (χ1n) is 7.78. The third-order valence-corrected chi connectivity index (χ3v) is 3.31. The summed E-state index contributed by atoms with van der Waals surface area (Å²) in [5.74, 6) is -2.48. The fraction of sp³-hybridized carbons (Fsp3) is 0.235. The van der Waals surface area contributed by atoms with Crippen LogP contribution in [0.5, 0.6) is 0 Å². The Bertz CT molecular complexity index is 922. The van der Waals surface area contributed by atoms with Gasteiger partial charge in [0.1, 0.15) is 11.9 Å². The van der Waals surface area contributed by atoms with Crippen molar-refractivity contribution in [2.45, 2.75) is 19.1 Å². The molecule has 3 aromatic heterocycles. The number of esters is 1. The molecule has 11 heteroatoms. The number of alkyl halides is 3. The second kappa shape index (κ2) is 8.93. The summed E-state index contributed by atoms with van der Waals surface area (Å²) in [5.41, 5.74) is 2.05. The number of hydrogen-bond acceptors (Lipinski definition) is 6. The quantitative estimate of drug-likeness (QED) is 0.531. The molecule has 0 amide bonds. The lowest BCUT2D eigenvalue weighted by Gasteiger charge is -1.99. The van der Waals surface area contributed by atoms with E-state index in [1.165, 1.54) is 0 Å². The summed E-state index contributed by atoms with van der Waals surface area (Å²) < 4.78 is 43.6. The van der Waals surface area contributed by atoms with E-state index in [2.05, 4.69) is 14.7 Å². The molecule has 3 heterocycles. The minimum Gasteiger partial charge on any atom is -0.481 e. The van der Waals surface area contributed by atoms with Crippen LogP contribution in [0, 0.1) is 0 Å². The van der Waals surface area contributed by atoms with Gasteiger partial charge in [-0.3, -0.25) is 4.79 Å². The first-order chi connectivity index (χ1) is 13.2. The fourth-order valence-electron chi connectivity index (χ4n) is 1.98. The molecule has 0 aliphatic heterocycles. The first-order valence-corrected chi connectivity index (χ1v) is 7.78. The molecule has 0 aromatic carbocycles. The molecule has 0 spiro atoms. The van der Waals surface area contributed by atoms with Crippen LogP contribution in [0.4, 0.5) is 13.2 Å². The highest BCUT2D eigenvalue weighted by molar-refractivity contribution is 5.75. The van der Waals surface area contributed by atoms with E-state index in [0.29, 0.717) is 30.8 Å². The number of rotatable bonds is 4. The number of halogens is 3. The van der Waals surface area contributed by atoms with Crippen molar-refractivity contribution in [3.05, 3.63) is 42.9 Å². The normalized spacial score (nSPS) is 10.9. The van der Waals surface area contributed by atoms with E-state index in [9.17, 15) is 22.8 Å². The fourth-order valence-corrected chi connectivity index (χ4v) is 1.98. The van der Waals surface area contributed by atoms with Crippen molar-refractivity contribution in [1.82, 2.24) is 9.97 Å². The number of carbonyl (C=O) groups is 2. The third kappa shape index (κ3) is 5.76. The first kappa shape index (κ1) is 20.8. The molecule has 0 saturated carbocycles. The molecule has 0 atom stereocenters. The van der Waals surface area contributed by atoms with Crippen LogP contribution in [-0.4, -0.2) is 40.3 Å². The Morgan fingerprint density at radius 1 is 1.25 bits per heavy atom. The predicted octanol–water partition coefficient (Wildman–Crippen LogP) is 2.37. The van der Waals surface area contributed by atoms with E-state index < -0.39 is 18.1 Å². The zero-order valence-electron chi connectivity index (χ0n) is 14.5. The van der Waals surface area contributed by atoms with Gasteiger partial charge in [0.05, 0.1) is 7.11 Å². The molecule has 0 radical (unpaired) electrons. The molecular weight excluding hydrogens is 383 g/mol. The van der Waals surface area contributed by atoms with E-state index in [1.54, 1.807) is 29.2 Å². The summed E-state index contributed by atoms with van der Waals surface area (Å²) in [5, 5.41) is 8.64. The van der Waals surface area contributed by atoms with Crippen LogP contribution >= 0.6 is 0 Å². The van der Waals surface area contributed by atoms with Crippen LogP contribution in [0.25, 0.3) is 22.7 Å². The van der Waals surface area contributed by atoms with Crippen molar-refractivity contribution >= 4 is 23.2 Å². The Hall–Kier alpha value is -3.50. The van der Waals surface area contributed by atoms with Crippen molar-refractivity contribution in [2.75, 3.05) is 7.11 Å². The molecule has 8 nitrogen and oxygen atoms in total. The van der Waals surface area contributed by atoms with Gasteiger partial charge in [0, 0.05) is 23.9 Å². The van der Waals surface area contributed by atoms with Gasteiger partial charge in [0.2, 0.25) is 11.6 Å². The number of carbonyl (C=O) groups excluding carboxylic acids is 1. The molecule has 1 N–H and O–H groups in total. The number of carboxylic acid groups (broad SMARTS) is 1. The van der Waals surface area contributed by atoms with Crippen molar-refractivity contribution < 1.29 is 41.6 Å². The molecule has 28 heavy (non-hydrogen) atoms. The molecule has 0 bridgehead atoms. The van der Waals surface area contributed by atoms with Gasteiger partial charge in [0.25, 0.3) is 0 Å². The van der Waals surface area contributed by atoms with E-state index in [0.717, 1.165) is 5.56 Å². The lowest BCUT2D eigenvalue weighted by Crippen LogP contribution is -2.33. The van der Waals surface area contributed by atoms with Crippen LogP contribution in [-0.2, 0) is 20.9 Å². The number of nitrogens with zero attached hydrogens (tertiary/aromatic N) is 3. The maximum atomic E-state index is 11.0. The van der Waals surface area contributed by atoms with Crippen molar-refractivity contribution in [3.8, 4) is 11.5 Å². The molecule has 3 rings (SSSR count). The Labute approximate surface area is 156 Å². The molecule has 0 aliphatic carbocycles. The van der Waals surface area contributed by atoms with Crippen LogP contribution in [0.1, 0.15) is 6.42 Å². The number of fused-ring (bicyclic) bond motifs is 1. The molecule has 0 unspecified atom stereocenters. The van der Waals surface area contributed by atoms with E-state index >= 15 is 0 Å². The summed E-state index contributed by atoms with van der Waals surface area (Å²) >= 11 is 0. The standard InChI is InChI=1S/C14H11N3O3.C3H3F3O2/c18-12(19)5-9-17-7-3-10(4-8-17)13-16-11-2-1-6-15-14(11)20-13;1-8-2(7)3(4,5)6/h1-4,6-8H,5,9H2;1H3/p+1. The Morgan fingerprint density at radius 2 is 1.93 bits per heavy atom. The number of aromatic nitrogens is 3. The average molecular weight is 398 g/mol. The number of ether oxygens (including phenoxy) is 1. The monoisotopic (exact) mass is 398 g/mol. The summed E-state index contributed by atoms with van der Waals surface area (Å²) in [6, 6.07) is 7.32. The topological polar surface area (TPSA) is 106 Å². The van der Waals surface area contributed by atoms with E-state index in [1.807, 2.05) is 18.2 Å². The average Bonchev–Trinajstić information content (AvgIpc) is 3.10. The minimum absolute atomic E-state index is 0.0941. The van der Waals surface area contributed by atoms with Crippen molar-refractivity contribution in [1.29, 1.82) is 0 Å². The number of aryl methyl sites for hydroxylation is 1. The number of hydrogen-bond donors (Lipinski definition) is 1. The zero-order valence-corrected chi connectivity index (χ0v) is 14.5. The largest absolute Gasteiger partial charge is 0.490 e. The van der Waals surface area contributed by atoms with E-state index in [4.69, 9.17) is 9.52 Å². The number of pyridine rings is 2. The number of aliphatic carboxylic acids is 1. The van der Waals surface area contributed by atoms with Crippen LogP contribution in [0.3, 0.4) is 0 Å². The highest BCUT2D eigenvalue weighted by Crippen LogP contribution is 2.21. The van der Waals surface area contributed by atoms with Crippen molar-refractivity contribution in [3.63, 3.8) is 0 Å². The van der Waals surface area contributed by atoms with Gasteiger partial charge in [-0.05, 0) is 12.1 Å². The number of methoxy groups -OCH3 is 1. The second-order valence-corrected chi connectivity index (χ2v) is 5.30. The molecular formula is C17H15F3N3O5+. The smallest absolute Gasteiger partial charge is 0.481 e. The lowest BCUT2D eigenvalue weighted by molar-refractivity contribution is -0.695. The second-order valence-electron chi connectivity index (χ2n) is 5.30. The Kier molecular flexibility index (Phi) is 6.64. The van der Waals surface area contributed by atoms with Crippen molar-refractivity contribution in [2.24, 2.45) is 0 Å². The SMILES string of the molecule is COC(=O)C(F)(F)F.O=C(O)CC[n+]1ccc(-c2nc3cccnc3o2)cc1. The molecule has 0 saturated heterocycles. The highest BCUT2D eigenvalue weighted by atomic mass is 19.4. The molecule has 0 fully saturated rings. The van der Waals surface area contributed by atoms with Gasteiger partial charge in [0.15, 0.2) is 18.9 Å². The van der Waals surface area contributed by atoms with Gasteiger partial charge in [-0.25, -0.2) is 19.3 Å². The van der Waals surface area contributed by atoms with Gasteiger partial charge < -0.3 is 14.3 Å². The van der Waals surface area contributed by atoms with Crippen LogP contribution < -0.4 is 4.57 Å². The third-order valence-electron chi connectivity index (χ3n) is 3.31. The maximum absolute atomic E-state index is 11.0. The van der Waals surface area contributed by atoms with Gasteiger partial charge in [-0.2, -0.15) is 13.2 Å². The highest BCUT2D eigenvalue weighted by Gasteiger charge is 2.40. The zero-order chi connectivity index (χ0) is 20.7. The van der Waals surface area contributed by atoms with Crippen LogP contribution in [0.2, 0.25) is 0 Å². The minimum atomic E-state index is -4.85. The lowest BCUT2D eigenvalue weighted by atomic mass is 10.2. The Morgan fingerprint density at radius 3 is 2.43 bits per heavy atom. The maximum Gasteiger partial charge on any atom is 0.490 e. The molecule has 148 valence electrons.